The summed E-state index contributed by atoms with van der Waals surface area (Å²) in [5.41, 5.74) is 3.58. The van der Waals surface area contributed by atoms with Gasteiger partial charge in [0, 0.05) is 53.6 Å². The van der Waals surface area contributed by atoms with Crippen molar-refractivity contribution in [2.24, 2.45) is 0 Å². The molecule has 3 aromatic rings. The molecule has 142 valence electrons. The largest absolute Gasteiger partial charge is 0.497 e. The molecule has 0 spiro atoms. The molecule has 0 radical (unpaired) electrons. The van der Waals surface area contributed by atoms with Crippen molar-refractivity contribution >= 4 is 38.9 Å². The van der Waals surface area contributed by atoms with Crippen molar-refractivity contribution < 1.29 is 4.74 Å². The molecule has 0 atom stereocenters. The molecule has 1 saturated heterocycles. The van der Waals surface area contributed by atoms with Crippen LogP contribution in [0.25, 0.3) is 15.8 Å². The minimum absolute atomic E-state index is 0.876. The zero-order valence-electron chi connectivity index (χ0n) is 16.0. The van der Waals surface area contributed by atoms with Gasteiger partial charge in [-0.15, -0.1) is 11.3 Å². The van der Waals surface area contributed by atoms with E-state index in [1.165, 1.54) is 45.4 Å². The molecule has 0 amide bonds. The number of fused-ring (bicyclic) bond motifs is 1. The number of aromatic nitrogens is 1. The normalized spacial score (nSPS) is 15.3. The van der Waals surface area contributed by atoms with E-state index < -0.39 is 0 Å². The van der Waals surface area contributed by atoms with E-state index in [2.05, 4.69) is 59.0 Å². The van der Waals surface area contributed by atoms with Crippen molar-refractivity contribution in [3.05, 3.63) is 59.1 Å². The highest BCUT2D eigenvalue weighted by Gasteiger charge is 2.15. The molecule has 0 N–H and O–H groups in total. The summed E-state index contributed by atoms with van der Waals surface area (Å²) < 4.78 is 7.74. The minimum Gasteiger partial charge on any atom is -0.497 e. The quantitative estimate of drug-likeness (QED) is 0.573. The number of nitrogens with zero attached hydrogens (tertiary/aromatic N) is 2. The van der Waals surface area contributed by atoms with Crippen LogP contribution in [0.2, 0.25) is 0 Å². The van der Waals surface area contributed by atoms with Gasteiger partial charge in [0.15, 0.2) is 0 Å². The first-order chi connectivity index (χ1) is 13.2. The summed E-state index contributed by atoms with van der Waals surface area (Å²) in [6.07, 6.45) is 0. The van der Waals surface area contributed by atoms with Gasteiger partial charge < -0.3 is 9.30 Å². The van der Waals surface area contributed by atoms with Crippen LogP contribution >= 0.6 is 23.1 Å². The maximum Gasteiger partial charge on any atom is 0.118 e. The number of thioether (sulfide) groups is 1. The van der Waals surface area contributed by atoms with E-state index in [9.17, 15) is 0 Å². The first kappa shape index (κ1) is 18.7. The van der Waals surface area contributed by atoms with Crippen molar-refractivity contribution in [2.45, 2.75) is 13.5 Å². The standard InChI is InChI=1S/C22H26N2OS2/c1-16-14-19-15-21(17(2)18-4-6-20(25-3)7-5-18)27-22(19)24(16)9-8-23-10-12-26-13-11-23/h4-7,14-15H,2,8-13H2,1,3H3. The van der Waals surface area contributed by atoms with Crippen LogP contribution in [0.5, 0.6) is 5.75 Å². The maximum atomic E-state index is 5.26. The molecule has 2 aromatic heterocycles. The summed E-state index contributed by atoms with van der Waals surface area (Å²) in [5, 5.41) is 1.33. The zero-order valence-corrected chi connectivity index (χ0v) is 17.7. The number of thiophene rings is 1. The molecule has 1 aliphatic rings. The highest BCUT2D eigenvalue weighted by molar-refractivity contribution is 7.99. The number of hydrogen-bond donors (Lipinski definition) is 0. The molecule has 3 heterocycles. The molecule has 0 unspecified atom stereocenters. The number of ether oxygens (including phenoxy) is 1. The Kier molecular flexibility index (Phi) is 5.62. The number of hydrogen-bond acceptors (Lipinski definition) is 4. The second kappa shape index (κ2) is 8.13. The van der Waals surface area contributed by atoms with Crippen LogP contribution in [0.4, 0.5) is 0 Å². The highest BCUT2D eigenvalue weighted by atomic mass is 32.2. The van der Waals surface area contributed by atoms with Gasteiger partial charge >= 0.3 is 0 Å². The third-order valence-electron chi connectivity index (χ3n) is 5.25. The van der Waals surface area contributed by atoms with Crippen LogP contribution in [0, 0.1) is 6.92 Å². The van der Waals surface area contributed by atoms with Gasteiger partial charge in [0.2, 0.25) is 0 Å². The van der Waals surface area contributed by atoms with E-state index in [0.717, 1.165) is 30.0 Å². The molecule has 0 aliphatic carbocycles. The van der Waals surface area contributed by atoms with Gasteiger partial charge in [-0.1, -0.05) is 18.7 Å². The third kappa shape index (κ3) is 3.96. The molecule has 0 saturated carbocycles. The topological polar surface area (TPSA) is 17.4 Å². The van der Waals surface area contributed by atoms with Gasteiger partial charge in [-0.25, -0.2) is 0 Å². The second-order valence-corrected chi connectivity index (χ2v) is 9.22. The van der Waals surface area contributed by atoms with Crippen LogP contribution in [-0.4, -0.2) is 47.7 Å². The Morgan fingerprint density at radius 2 is 1.85 bits per heavy atom. The predicted molar refractivity (Wildman–Crippen MR) is 119 cm³/mol. The van der Waals surface area contributed by atoms with E-state index in [0.29, 0.717) is 0 Å². The van der Waals surface area contributed by atoms with Crippen LogP contribution in [0.3, 0.4) is 0 Å². The Bertz CT molecular complexity index is 933. The third-order valence-corrected chi connectivity index (χ3v) is 7.43. The van der Waals surface area contributed by atoms with Crippen molar-refractivity contribution in [2.75, 3.05) is 38.2 Å². The van der Waals surface area contributed by atoms with Gasteiger partial charge in [0.05, 0.1) is 7.11 Å². The van der Waals surface area contributed by atoms with Crippen LogP contribution in [0.15, 0.2) is 43.0 Å². The molecule has 1 aliphatic heterocycles. The smallest absolute Gasteiger partial charge is 0.118 e. The second-order valence-electron chi connectivity index (χ2n) is 6.97. The van der Waals surface area contributed by atoms with E-state index >= 15 is 0 Å². The SMILES string of the molecule is C=C(c1ccc(OC)cc1)c1cc2cc(C)n(CCN3CCSCC3)c2s1. The number of aryl methyl sites for hydroxylation is 1. The summed E-state index contributed by atoms with van der Waals surface area (Å²) >= 11 is 3.92. The molecular weight excluding hydrogens is 372 g/mol. The van der Waals surface area contributed by atoms with E-state index in [1.807, 2.05) is 23.5 Å². The first-order valence-corrected chi connectivity index (χ1v) is 11.4. The Morgan fingerprint density at radius 3 is 2.56 bits per heavy atom. The highest BCUT2D eigenvalue weighted by Crippen LogP contribution is 2.35. The zero-order chi connectivity index (χ0) is 18.8. The number of methoxy groups -OCH3 is 1. The molecule has 1 fully saturated rings. The summed E-state index contributed by atoms with van der Waals surface area (Å²) in [5.74, 6) is 3.41. The molecule has 4 rings (SSSR count). The summed E-state index contributed by atoms with van der Waals surface area (Å²) in [4.78, 5) is 5.20. The Morgan fingerprint density at radius 1 is 1.11 bits per heavy atom. The molecule has 1 aromatic carbocycles. The van der Waals surface area contributed by atoms with Crippen molar-refractivity contribution in [3.8, 4) is 5.75 Å². The summed E-state index contributed by atoms with van der Waals surface area (Å²) in [7, 11) is 1.69. The lowest BCUT2D eigenvalue weighted by Gasteiger charge is -2.26. The Labute approximate surface area is 169 Å². The fourth-order valence-corrected chi connectivity index (χ4v) is 5.80. The monoisotopic (exact) mass is 398 g/mol. The van der Waals surface area contributed by atoms with Gasteiger partial charge in [-0.05, 0) is 42.3 Å². The van der Waals surface area contributed by atoms with Crippen molar-refractivity contribution in [1.29, 1.82) is 0 Å². The lowest BCUT2D eigenvalue weighted by atomic mass is 10.1. The molecular formula is C22H26N2OS2. The van der Waals surface area contributed by atoms with Crippen molar-refractivity contribution in [3.63, 3.8) is 0 Å². The minimum atomic E-state index is 0.876. The Balaban J connectivity index is 1.54. The summed E-state index contributed by atoms with van der Waals surface area (Å²) in [6.45, 7) is 11.2. The van der Waals surface area contributed by atoms with Gasteiger partial charge in [0.1, 0.15) is 10.6 Å². The van der Waals surface area contributed by atoms with Crippen LogP contribution < -0.4 is 4.74 Å². The predicted octanol–water partition coefficient (Wildman–Crippen LogP) is 5.13. The maximum absolute atomic E-state index is 5.26. The number of rotatable bonds is 6. The molecule has 27 heavy (non-hydrogen) atoms. The molecule has 0 bridgehead atoms. The fourth-order valence-electron chi connectivity index (χ4n) is 3.60. The van der Waals surface area contributed by atoms with Crippen LogP contribution in [0.1, 0.15) is 16.1 Å². The van der Waals surface area contributed by atoms with Gasteiger partial charge in [-0.2, -0.15) is 11.8 Å². The molecule has 3 nitrogen and oxygen atoms in total. The fraction of sp³-hybridized carbons (Fsp3) is 0.364. The number of benzene rings is 1. The van der Waals surface area contributed by atoms with Gasteiger partial charge in [0.25, 0.3) is 0 Å². The van der Waals surface area contributed by atoms with E-state index in [-0.39, 0.29) is 0 Å². The Hall–Kier alpha value is -1.69. The van der Waals surface area contributed by atoms with E-state index in [1.54, 1.807) is 7.11 Å². The summed E-state index contributed by atoms with van der Waals surface area (Å²) in [6, 6.07) is 12.7. The first-order valence-electron chi connectivity index (χ1n) is 9.39. The van der Waals surface area contributed by atoms with Crippen LogP contribution in [-0.2, 0) is 6.54 Å². The average Bonchev–Trinajstić information content (AvgIpc) is 3.24. The molecule has 5 heteroatoms. The lowest BCUT2D eigenvalue weighted by molar-refractivity contribution is 0.290. The van der Waals surface area contributed by atoms with Crippen molar-refractivity contribution in [1.82, 2.24) is 9.47 Å². The van der Waals surface area contributed by atoms with Gasteiger partial charge in [-0.3, -0.25) is 4.90 Å². The average molecular weight is 399 g/mol. The van der Waals surface area contributed by atoms with E-state index in [4.69, 9.17) is 4.74 Å². The lowest BCUT2D eigenvalue weighted by Crippen LogP contribution is -2.35.